The van der Waals surface area contributed by atoms with Gasteiger partial charge in [-0.15, -0.1) is 0 Å². The molecule has 0 amide bonds. The summed E-state index contributed by atoms with van der Waals surface area (Å²) in [6.07, 6.45) is 5.78. The van der Waals surface area contributed by atoms with Gasteiger partial charge in [-0.2, -0.15) is 0 Å². The van der Waals surface area contributed by atoms with E-state index in [-0.39, 0.29) is 0 Å². The van der Waals surface area contributed by atoms with E-state index < -0.39 is 0 Å². The van der Waals surface area contributed by atoms with Gasteiger partial charge in [-0.25, -0.2) is 19.6 Å². The van der Waals surface area contributed by atoms with Gasteiger partial charge in [-0.05, 0) is 18.8 Å². The first-order valence-corrected chi connectivity index (χ1v) is 4.42. The van der Waals surface area contributed by atoms with Gasteiger partial charge in [-0.3, -0.25) is 0 Å². The van der Waals surface area contributed by atoms with Gasteiger partial charge in [0.05, 0.1) is 13.1 Å². The number of aliphatic imine (C=N–C) groups is 2. The first kappa shape index (κ1) is 11.8. The maximum absolute atomic E-state index is 9.84. The highest BCUT2D eigenvalue weighted by molar-refractivity contribution is 5.33. The molecule has 72 valence electrons. The van der Waals surface area contributed by atoms with Crippen LogP contribution in [-0.2, 0) is 9.59 Å². The van der Waals surface area contributed by atoms with Crippen LogP contribution in [-0.4, -0.2) is 25.2 Å². The molecule has 0 aromatic rings. The maximum atomic E-state index is 9.84. The Bertz CT molecular complexity index is 216. The first-order valence-electron chi connectivity index (χ1n) is 4.42. The zero-order valence-corrected chi connectivity index (χ0v) is 7.82. The molecule has 4 nitrogen and oxygen atoms in total. The smallest absolute Gasteiger partial charge is 0.211 e. The summed E-state index contributed by atoms with van der Waals surface area (Å²) >= 11 is 0. The normalized spacial score (nSPS) is 11.2. The summed E-state index contributed by atoms with van der Waals surface area (Å²) in [4.78, 5) is 26.5. The third-order valence-electron chi connectivity index (χ3n) is 1.94. The predicted molar refractivity (Wildman–Crippen MR) is 49.0 cm³/mol. The molecular formula is C9H14N2O2. The van der Waals surface area contributed by atoms with Crippen molar-refractivity contribution in [3.05, 3.63) is 0 Å². The topological polar surface area (TPSA) is 58.9 Å². The first-order chi connectivity index (χ1) is 6.35. The van der Waals surface area contributed by atoms with E-state index in [9.17, 15) is 9.59 Å². The molecule has 0 radical (unpaired) electrons. The maximum Gasteiger partial charge on any atom is 0.234 e. The minimum absolute atomic E-state index is 0.406. The molecule has 0 N–H and O–H groups in total. The molecule has 0 saturated carbocycles. The molecular weight excluding hydrogens is 168 g/mol. The van der Waals surface area contributed by atoms with Crippen LogP contribution in [0.15, 0.2) is 9.98 Å². The minimum Gasteiger partial charge on any atom is -0.211 e. The summed E-state index contributed by atoms with van der Waals surface area (Å²) in [5, 5.41) is 0. The van der Waals surface area contributed by atoms with E-state index in [1.165, 1.54) is 12.2 Å². The van der Waals surface area contributed by atoms with Crippen LogP contribution in [0.3, 0.4) is 0 Å². The molecule has 13 heavy (non-hydrogen) atoms. The van der Waals surface area contributed by atoms with Crippen molar-refractivity contribution in [3.8, 4) is 0 Å². The van der Waals surface area contributed by atoms with Gasteiger partial charge in [0.15, 0.2) is 0 Å². The fraction of sp³-hybridized carbons (Fsp3) is 0.778. The van der Waals surface area contributed by atoms with Crippen LogP contribution in [0.1, 0.15) is 26.2 Å². The fourth-order valence-electron chi connectivity index (χ4n) is 1.10. The van der Waals surface area contributed by atoms with Crippen molar-refractivity contribution in [1.82, 2.24) is 0 Å². The zero-order valence-electron chi connectivity index (χ0n) is 7.82. The largest absolute Gasteiger partial charge is 0.234 e. The van der Waals surface area contributed by atoms with Crippen molar-refractivity contribution in [2.45, 2.75) is 26.2 Å². The van der Waals surface area contributed by atoms with Crippen LogP contribution >= 0.6 is 0 Å². The molecule has 0 heterocycles. The third kappa shape index (κ3) is 7.13. The van der Waals surface area contributed by atoms with E-state index >= 15 is 0 Å². The van der Waals surface area contributed by atoms with Crippen molar-refractivity contribution < 1.29 is 9.59 Å². The van der Waals surface area contributed by atoms with E-state index in [4.69, 9.17) is 0 Å². The van der Waals surface area contributed by atoms with Gasteiger partial charge in [0.25, 0.3) is 0 Å². The van der Waals surface area contributed by atoms with Gasteiger partial charge in [0.1, 0.15) is 0 Å². The molecule has 0 fully saturated rings. The number of rotatable bonds is 7. The molecule has 0 rings (SSSR count). The van der Waals surface area contributed by atoms with E-state index in [0.29, 0.717) is 19.0 Å². The molecule has 1 unspecified atom stereocenters. The van der Waals surface area contributed by atoms with Crippen LogP contribution in [0, 0.1) is 5.92 Å². The molecule has 4 heteroatoms. The molecule has 0 aromatic carbocycles. The van der Waals surface area contributed by atoms with Gasteiger partial charge < -0.3 is 0 Å². The average molecular weight is 182 g/mol. The summed E-state index contributed by atoms with van der Waals surface area (Å²) in [6, 6.07) is 0. The van der Waals surface area contributed by atoms with Crippen LogP contribution in [0.4, 0.5) is 0 Å². The Hall–Kier alpha value is -1.24. The average Bonchev–Trinajstić information content (AvgIpc) is 2.17. The summed E-state index contributed by atoms with van der Waals surface area (Å²) in [6.45, 7) is 3.10. The molecule has 0 aliphatic rings. The van der Waals surface area contributed by atoms with Crippen molar-refractivity contribution in [1.29, 1.82) is 0 Å². The summed E-state index contributed by atoms with van der Waals surface area (Å²) in [5.74, 6) is 0.406. The van der Waals surface area contributed by atoms with Crippen molar-refractivity contribution in [3.63, 3.8) is 0 Å². The van der Waals surface area contributed by atoms with E-state index in [0.717, 1.165) is 19.3 Å². The van der Waals surface area contributed by atoms with Crippen LogP contribution in [0.25, 0.3) is 0 Å². The Labute approximate surface area is 77.8 Å². The lowest BCUT2D eigenvalue weighted by Crippen LogP contribution is -2.03. The highest BCUT2D eigenvalue weighted by Gasteiger charge is 2.04. The second kappa shape index (κ2) is 8.85. The number of isocyanates is 2. The standard InChI is InChI=1S/C9H14N2O2/c1-2-9(6-11-8-13)4-3-5-10-7-12/h9H,2-6H2,1H3. The zero-order chi connectivity index (χ0) is 9.94. The number of nitrogens with zero attached hydrogens (tertiary/aromatic N) is 2. The van der Waals surface area contributed by atoms with Crippen molar-refractivity contribution in [2.24, 2.45) is 15.9 Å². The highest BCUT2D eigenvalue weighted by Crippen LogP contribution is 2.10. The summed E-state index contributed by atoms with van der Waals surface area (Å²) in [7, 11) is 0. The minimum atomic E-state index is 0.406. The summed E-state index contributed by atoms with van der Waals surface area (Å²) in [5.41, 5.74) is 0. The lowest BCUT2D eigenvalue weighted by molar-refractivity contribution is 0.465. The number of hydrogen-bond acceptors (Lipinski definition) is 4. The van der Waals surface area contributed by atoms with Crippen LogP contribution < -0.4 is 0 Å². The predicted octanol–water partition coefficient (Wildman–Crippen LogP) is 1.46. The van der Waals surface area contributed by atoms with Crippen molar-refractivity contribution >= 4 is 12.2 Å². The van der Waals surface area contributed by atoms with E-state index in [1.54, 1.807) is 0 Å². The van der Waals surface area contributed by atoms with E-state index in [1.807, 2.05) is 6.92 Å². The Kier molecular flexibility index (Phi) is 8.01. The fourth-order valence-corrected chi connectivity index (χ4v) is 1.10. The second-order valence-electron chi connectivity index (χ2n) is 2.82. The van der Waals surface area contributed by atoms with Crippen LogP contribution in [0.5, 0.6) is 0 Å². The lowest BCUT2D eigenvalue weighted by Gasteiger charge is -2.08. The third-order valence-corrected chi connectivity index (χ3v) is 1.94. The van der Waals surface area contributed by atoms with E-state index in [2.05, 4.69) is 9.98 Å². The Balaban J connectivity index is 3.58. The second-order valence-corrected chi connectivity index (χ2v) is 2.82. The molecule has 0 saturated heterocycles. The van der Waals surface area contributed by atoms with Crippen molar-refractivity contribution in [2.75, 3.05) is 13.1 Å². The molecule has 0 aliphatic carbocycles. The Morgan fingerprint density at radius 1 is 1.23 bits per heavy atom. The molecule has 1 atom stereocenters. The molecule has 0 bridgehead atoms. The highest BCUT2D eigenvalue weighted by atomic mass is 16.1. The quantitative estimate of drug-likeness (QED) is 0.340. The molecule has 0 spiro atoms. The van der Waals surface area contributed by atoms with Gasteiger partial charge >= 0.3 is 0 Å². The van der Waals surface area contributed by atoms with Gasteiger partial charge in [-0.1, -0.05) is 13.3 Å². The Morgan fingerprint density at radius 3 is 2.46 bits per heavy atom. The SMILES string of the molecule is CCC(CCCN=C=O)CN=C=O. The Morgan fingerprint density at radius 2 is 1.92 bits per heavy atom. The lowest BCUT2D eigenvalue weighted by atomic mass is 10.0. The van der Waals surface area contributed by atoms with Crippen LogP contribution in [0.2, 0.25) is 0 Å². The van der Waals surface area contributed by atoms with Gasteiger partial charge in [0, 0.05) is 0 Å². The van der Waals surface area contributed by atoms with Gasteiger partial charge in [0.2, 0.25) is 12.2 Å². The number of hydrogen-bond donors (Lipinski definition) is 0. The molecule has 0 aromatic heterocycles. The number of carbonyl (C=O) groups excluding carboxylic acids is 2. The monoisotopic (exact) mass is 182 g/mol. The summed E-state index contributed by atoms with van der Waals surface area (Å²) < 4.78 is 0. The molecule has 0 aliphatic heterocycles.